The number of nitrogens with zero attached hydrogens (tertiary/aromatic N) is 2. The summed E-state index contributed by atoms with van der Waals surface area (Å²) < 4.78 is 53.8. The van der Waals surface area contributed by atoms with Crippen LogP contribution in [0.2, 0.25) is 0 Å². The van der Waals surface area contributed by atoms with Gasteiger partial charge in [-0.25, -0.2) is 9.18 Å². The Morgan fingerprint density at radius 1 is 0.897 bits per heavy atom. The molecule has 0 saturated heterocycles. The van der Waals surface area contributed by atoms with E-state index in [-0.39, 0.29) is 45.2 Å². The molecule has 0 unspecified atom stereocenters. The molecule has 11 heteroatoms. The predicted molar refractivity (Wildman–Crippen MR) is 136 cm³/mol. The number of fused-ring (bicyclic) bond motifs is 1. The van der Waals surface area contributed by atoms with Crippen LogP contribution in [0.25, 0.3) is 11.1 Å². The first kappa shape index (κ1) is 25.5. The van der Waals surface area contributed by atoms with Gasteiger partial charge in [-0.3, -0.25) is 15.1 Å². The molecule has 0 fully saturated rings. The number of aromatic carboxylic acids is 1. The summed E-state index contributed by atoms with van der Waals surface area (Å²) >= 11 is 0. The zero-order chi connectivity index (χ0) is 27.9. The van der Waals surface area contributed by atoms with Crippen LogP contribution >= 0.6 is 0 Å². The molecule has 7 nitrogen and oxygen atoms in total. The fourth-order valence-corrected chi connectivity index (χ4v) is 4.18. The number of hydrogen-bond acceptors (Lipinski definition) is 5. The summed E-state index contributed by atoms with van der Waals surface area (Å²) in [4.78, 5) is 25.7. The van der Waals surface area contributed by atoms with Gasteiger partial charge >= 0.3 is 12.1 Å². The number of phenolic OH excluding ortho intramolecular Hbond substituents is 1. The highest BCUT2D eigenvalue weighted by Gasteiger charge is 2.39. The Bertz CT molecular complexity index is 1650. The van der Waals surface area contributed by atoms with Crippen LogP contribution in [-0.2, 0) is 11.0 Å². The molecule has 1 aliphatic rings. The third-order valence-corrected chi connectivity index (χ3v) is 6.06. The molecule has 0 aromatic heterocycles. The highest BCUT2D eigenvalue weighted by molar-refractivity contribution is 6.55. The molecule has 196 valence electrons. The van der Waals surface area contributed by atoms with E-state index in [2.05, 4.69) is 10.5 Å². The predicted octanol–water partition coefficient (Wildman–Crippen LogP) is 6.41. The van der Waals surface area contributed by atoms with Gasteiger partial charge in [0.15, 0.2) is 5.71 Å². The molecule has 0 bridgehead atoms. The molecule has 5 rings (SSSR count). The van der Waals surface area contributed by atoms with E-state index < -0.39 is 29.4 Å². The number of hydrazone groups is 1. The van der Waals surface area contributed by atoms with E-state index >= 15 is 0 Å². The maximum Gasteiger partial charge on any atom is 0.416 e. The lowest BCUT2D eigenvalue weighted by atomic mass is 10.0. The van der Waals surface area contributed by atoms with Crippen LogP contribution in [0.4, 0.5) is 34.6 Å². The number of halogens is 4. The van der Waals surface area contributed by atoms with Gasteiger partial charge in [0.2, 0.25) is 0 Å². The third-order valence-electron chi connectivity index (χ3n) is 6.06. The minimum Gasteiger partial charge on any atom is -0.505 e. The van der Waals surface area contributed by atoms with Crippen molar-refractivity contribution in [1.29, 1.82) is 0 Å². The minimum absolute atomic E-state index is 0.0118. The largest absolute Gasteiger partial charge is 0.505 e. The van der Waals surface area contributed by atoms with Crippen LogP contribution in [0.3, 0.4) is 0 Å². The molecule has 3 N–H and O–H groups in total. The number of amides is 1. The van der Waals surface area contributed by atoms with Gasteiger partial charge in [0.1, 0.15) is 11.6 Å². The second-order valence-electron chi connectivity index (χ2n) is 8.51. The van der Waals surface area contributed by atoms with E-state index in [0.29, 0.717) is 5.56 Å². The molecule has 39 heavy (non-hydrogen) atoms. The number of benzene rings is 4. The van der Waals surface area contributed by atoms with Crippen molar-refractivity contribution in [2.75, 3.05) is 10.3 Å². The number of carboxylic acid groups (broad SMARTS) is 1. The molecular weight excluding hydrogens is 518 g/mol. The Labute approximate surface area is 218 Å². The number of carboxylic acids is 1. The van der Waals surface area contributed by atoms with Crippen molar-refractivity contribution in [1.82, 2.24) is 0 Å². The summed E-state index contributed by atoms with van der Waals surface area (Å²) in [6.07, 6.45) is -4.67. The van der Waals surface area contributed by atoms with Crippen LogP contribution in [0.1, 0.15) is 21.5 Å². The number of carbonyl (C=O) groups is 2. The lowest BCUT2D eigenvalue weighted by Crippen LogP contribution is -2.26. The van der Waals surface area contributed by atoms with E-state index in [1.54, 1.807) is 18.2 Å². The van der Waals surface area contributed by atoms with Crippen molar-refractivity contribution >= 4 is 34.7 Å². The van der Waals surface area contributed by atoms with Gasteiger partial charge in [0, 0.05) is 16.8 Å². The molecule has 0 saturated carbocycles. The topological polar surface area (TPSA) is 102 Å². The van der Waals surface area contributed by atoms with Crippen molar-refractivity contribution in [3.05, 3.63) is 107 Å². The number of aromatic hydroxyl groups is 1. The molecule has 0 spiro atoms. The number of rotatable bonds is 5. The minimum atomic E-state index is -4.67. The average Bonchev–Trinajstić information content (AvgIpc) is 3.18. The zero-order valence-corrected chi connectivity index (χ0v) is 19.7. The normalized spacial score (nSPS) is 14.0. The summed E-state index contributed by atoms with van der Waals surface area (Å²) in [7, 11) is 0. The van der Waals surface area contributed by atoms with Gasteiger partial charge < -0.3 is 10.2 Å². The molecule has 1 aliphatic heterocycles. The highest BCUT2D eigenvalue weighted by Crippen LogP contribution is 2.41. The number of carbonyl (C=O) groups excluding carboxylic acids is 1. The summed E-state index contributed by atoms with van der Waals surface area (Å²) in [5.74, 6) is -2.80. The van der Waals surface area contributed by atoms with Crippen molar-refractivity contribution in [2.45, 2.75) is 6.18 Å². The Balaban J connectivity index is 1.55. The number of nitrogens with one attached hydrogen (secondary N) is 1. The third kappa shape index (κ3) is 4.77. The second kappa shape index (κ2) is 9.60. The van der Waals surface area contributed by atoms with Crippen LogP contribution in [-0.4, -0.2) is 27.8 Å². The number of hydrogen-bond donors (Lipinski definition) is 3. The van der Waals surface area contributed by atoms with E-state index in [4.69, 9.17) is 0 Å². The molecule has 0 radical (unpaired) electrons. The molecule has 4 aromatic rings. The maximum absolute atomic E-state index is 13.5. The Morgan fingerprint density at radius 3 is 2.31 bits per heavy atom. The van der Waals surface area contributed by atoms with Gasteiger partial charge in [-0.1, -0.05) is 24.3 Å². The molecule has 0 atom stereocenters. The van der Waals surface area contributed by atoms with Gasteiger partial charge in [0.05, 0.1) is 22.5 Å². The quantitative estimate of drug-likeness (QED) is 0.156. The number of phenols is 1. The SMILES string of the molecule is O=C(O)c1cccc(-c2cccc(N/N=C3\C(=O)N(c4ccc(F)cc4)c4cc(C(F)(F)F)ccc43)c2O)c1. The van der Waals surface area contributed by atoms with E-state index in [1.807, 2.05) is 0 Å². The van der Waals surface area contributed by atoms with Gasteiger partial charge in [0.25, 0.3) is 5.91 Å². The fraction of sp³-hybridized carbons (Fsp3) is 0.0357. The monoisotopic (exact) mass is 535 g/mol. The van der Waals surface area contributed by atoms with E-state index in [0.717, 1.165) is 35.2 Å². The van der Waals surface area contributed by atoms with E-state index in [1.165, 1.54) is 36.4 Å². The van der Waals surface area contributed by atoms with Gasteiger partial charge in [-0.2, -0.15) is 18.3 Å². The lowest BCUT2D eigenvalue weighted by Gasteiger charge is -2.18. The standard InChI is InChI=1S/C28H17F4N3O4/c29-18-8-10-19(11-9-18)35-23-14-17(28(30,31)32)7-12-21(23)24(26(35)37)34-33-22-6-2-5-20(25(22)36)15-3-1-4-16(13-15)27(38)39/h1-14,33,36H,(H,38,39)/b34-24-. The number of para-hydroxylation sites is 1. The summed E-state index contributed by atoms with van der Waals surface area (Å²) in [5, 5.41) is 24.2. The lowest BCUT2D eigenvalue weighted by molar-refractivity contribution is -0.137. The molecule has 1 amide bonds. The van der Waals surface area contributed by atoms with Crippen LogP contribution in [0.5, 0.6) is 5.75 Å². The smallest absolute Gasteiger partial charge is 0.416 e. The molecule has 0 aliphatic carbocycles. The van der Waals surface area contributed by atoms with Crippen LogP contribution in [0.15, 0.2) is 90.0 Å². The second-order valence-corrected chi connectivity index (χ2v) is 8.51. The van der Waals surface area contributed by atoms with Crippen LogP contribution < -0.4 is 10.3 Å². The molecular formula is C28H17F4N3O4. The van der Waals surface area contributed by atoms with Crippen LogP contribution in [0, 0.1) is 5.82 Å². The Morgan fingerprint density at radius 2 is 1.62 bits per heavy atom. The van der Waals surface area contributed by atoms with Gasteiger partial charge in [-0.15, -0.1) is 0 Å². The zero-order valence-electron chi connectivity index (χ0n) is 19.7. The molecule has 4 aromatic carbocycles. The first-order valence-corrected chi connectivity index (χ1v) is 11.4. The summed E-state index contributed by atoms with van der Waals surface area (Å²) in [5.41, 5.74) is 2.27. The van der Waals surface area contributed by atoms with E-state index in [9.17, 15) is 37.4 Å². The molecule has 1 heterocycles. The fourth-order valence-electron chi connectivity index (χ4n) is 4.18. The van der Waals surface area contributed by atoms with Crippen molar-refractivity contribution in [3.63, 3.8) is 0 Å². The first-order valence-electron chi connectivity index (χ1n) is 11.4. The maximum atomic E-state index is 13.5. The Hall–Kier alpha value is -5.19. The highest BCUT2D eigenvalue weighted by atomic mass is 19.4. The van der Waals surface area contributed by atoms with Crippen molar-refractivity contribution in [3.8, 4) is 16.9 Å². The first-order chi connectivity index (χ1) is 18.5. The summed E-state index contributed by atoms with van der Waals surface area (Å²) in [6.45, 7) is 0. The number of anilines is 3. The van der Waals surface area contributed by atoms with Crippen molar-refractivity contribution in [2.24, 2.45) is 5.10 Å². The Kier molecular flexibility index (Phi) is 6.27. The average molecular weight is 535 g/mol. The van der Waals surface area contributed by atoms with Crippen molar-refractivity contribution < 1.29 is 37.4 Å². The number of alkyl halides is 3. The van der Waals surface area contributed by atoms with Gasteiger partial charge in [-0.05, 0) is 66.2 Å². The summed E-state index contributed by atoms with van der Waals surface area (Å²) in [6, 6.07) is 17.9.